The van der Waals surface area contributed by atoms with Crippen LogP contribution in [0.4, 0.5) is 0 Å². The van der Waals surface area contributed by atoms with E-state index in [1.807, 2.05) is 0 Å². The van der Waals surface area contributed by atoms with Gasteiger partial charge in [0.25, 0.3) is 0 Å². The van der Waals surface area contributed by atoms with Crippen LogP contribution >= 0.6 is 0 Å². The van der Waals surface area contributed by atoms with E-state index in [0.29, 0.717) is 0 Å². The molecule has 0 amide bonds. The van der Waals surface area contributed by atoms with E-state index in [0.717, 1.165) is 12.7 Å². The molecule has 90 valence electrons. The molecular weight excluding hydrogens is 212 g/mol. The van der Waals surface area contributed by atoms with E-state index >= 15 is 0 Å². The molecule has 0 unspecified atom stereocenters. The van der Waals surface area contributed by atoms with Gasteiger partial charge in [0.2, 0.25) is 0 Å². The Hall–Kier alpha value is -0.603. The standard InChI is InChI=1S/C14H24OSi/c1-14(2,3)12-15-16(4,5)11-13-9-7-6-8-10-13/h6-10H,11-12H2,1-5H3. The second kappa shape index (κ2) is 5.15. The average Bonchev–Trinajstić information content (AvgIpc) is 2.15. The summed E-state index contributed by atoms with van der Waals surface area (Å²) in [6.45, 7) is 12.1. The van der Waals surface area contributed by atoms with Crippen molar-refractivity contribution in [3.63, 3.8) is 0 Å². The molecule has 1 nitrogen and oxygen atoms in total. The summed E-state index contributed by atoms with van der Waals surface area (Å²) in [5, 5.41) is 0. The van der Waals surface area contributed by atoms with Crippen LogP contribution in [0.5, 0.6) is 0 Å². The van der Waals surface area contributed by atoms with Gasteiger partial charge in [0.05, 0.1) is 0 Å². The number of benzene rings is 1. The van der Waals surface area contributed by atoms with Crippen LogP contribution in [0.15, 0.2) is 30.3 Å². The Morgan fingerprint density at radius 3 is 2.12 bits per heavy atom. The fourth-order valence-electron chi connectivity index (χ4n) is 1.55. The van der Waals surface area contributed by atoms with Crippen molar-refractivity contribution in [2.45, 2.75) is 39.9 Å². The lowest BCUT2D eigenvalue weighted by Gasteiger charge is -2.28. The van der Waals surface area contributed by atoms with Gasteiger partial charge >= 0.3 is 0 Å². The largest absolute Gasteiger partial charge is 0.416 e. The van der Waals surface area contributed by atoms with Gasteiger partial charge in [-0.2, -0.15) is 0 Å². The Morgan fingerprint density at radius 2 is 1.62 bits per heavy atom. The highest BCUT2D eigenvalue weighted by Crippen LogP contribution is 2.19. The molecule has 0 heterocycles. The zero-order chi connectivity index (χ0) is 12.2. The molecule has 0 saturated heterocycles. The van der Waals surface area contributed by atoms with Gasteiger partial charge in [-0.1, -0.05) is 51.1 Å². The maximum Gasteiger partial charge on any atom is 0.191 e. The smallest absolute Gasteiger partial charge is 0.191 e. The first-order valence-corrected chi connectivity index (χ1v) is 9.08. The van der Waals surface area contributed by atoms with Crippen molar-refractivity contribution < 1.29 is 4.43 Å². The van der Waals surface area contributed by atoms with Gasteiger partial charge in [-0.25, -0.2) is 0 Å². The maximum absolute atomic E-state index is 6.14. The molecule has 0 spiro atoms. The van der Waals surface area contributed by atoms with Crippen molar-refractivity contribution >= 4 is 8.32 Å². The third-order valence-corrected chi connectivity index (χ3v) is 4.55. The van der Waals surface area contributed by atoms with Crippen molar-refractivity contribution in [3.05, 3.63) is 35.9 Å². The van der Waals surface area contributed by atoms with E-state index in [-0.39, 0.29) is 5.41 Å². The SMILES string of the molecule is CC(C)(C)CO[Si](C)(C)Cc1ccccc1. The van der Waals surface area contributed by atoms with Crippen molar-refractivity contribution in [1.82, 2.24) is 0 Å². The molecule has 0 aliphatic heterocycles. The van der Waals surface area contributed by atoms with Gasteiger partial charge in [0.15, 0.2) is 8.32 Å². The normalized spacial score (nSPS) is 12.8. The summed E-state index contributed by atoms with van der Waals surface area (Å²) in [7, 11) is -1.55. The Kier molecular flexibility index (Phi) is 4.33. The van der Waals surface area contributed by atoms with Crippen molar-refractivity contribution in [3.8, 4) is 0 Å². The number of rotatable bonds is 4. The predicted octanol–water partition coefficient (Wildman–Crippen LogP) is 4.04. The van der Waals surface area contributed by atoms with Crippen LogP contribution in [0.25, 0.3) is 0 Å². The van der Waals surface area contributed by atoms with E-state index in [1.165, 1.54) is 5.56 Å². The summed E-state index contributed by atoms with van der Waals surface area (Å²) < 4.78 is 6.14. The van der Waals surface area contributed by atoms with Crippen LogP contribution in [-0.2, 0) is 10.5 Å². The molecule has 0 radical (unpaired) electrons. The summed E-state index contributed by atoms with van der Waals surface area (Å²) in [4.78, 5) is 0. The lowest BCUT2D eigenvalue weighted by Crippen LogP contribution is -2.37. The molecule has 0 fully saturated rings. The lowest BCUT2D eigenvalue weighted by atomic mass is 9.99. The molecule has 0 N–H and O–H groups in total. The fraction of sp³-hybridized carbons (Fsp3) is 0.571. The quantitative estimate of drug-likeness (QED) is 0.717. The van der Waals surface area contributed by atoms with Crippen LogP contribution in [-0.4, -0.2) is 14.9 Å². The Balaban J connectivity index is 2.52. The molecule has 0 aliphatic rings. The molecule has 1 aromatic carbocycles. The van der Waals surface area contributed by atoms with Crippen LogP contribution < -0.4 is 0 Å². The predicted molar refractivity (Wildman–Crippen MR) is 73.0 cm³/mol. The highest BCUT2D eigenvalue weighted by molar-refractivity contribution is 6.70. The zero-order valence-electron chi connectivity index (χ0n) is 11.2. The summed E-state index contributed by atoms with van der Waals surface area (Å²) in [5.74, 6) is 0. The third kappa shape index (κ3) is 5.47. The average molecular weight is 236 g/mol. The topological polar surface area (TPSA) is 9.23 Å². The number of hydrogen-bond donors (Lipinski definition) is 0. The zero-order valence-corrected chi connectivity index (χ0v) is 12.2. The molecule has 0 atom stereocenters. The highest BCUT2D eigenvalue weighted by atomic mass is 28.4. The molecule has 1 rings (SSSR count). The Labute approximate surface area is 101 Å². The molecule has 2 heteroatoms. The van der Waals surface area contributed by atoms with Gasteiger partial charge in [-0.05, 0) is 30.1 Å². The minimum Gasteiger partial charge on any atom is -0.416 e. The van der Waals surface area contributed by atoms with E-state index in [4.69, 9.17) is 4.43 Å². The van der Waals surface area contributed by atoms with Crippen LogP contribution in [0.2, 0.25) is 13.1 Å². The maximum atomic E-state index is 6.14. The van der Waals surface area contributed by atoms with Crippen LogP contribution in [0.1, 0.15) is 26.3 Å². The first-order chi connectivity index (χ1) is 7.29. The summed E-state index contributed by atoms with van der Waals surface area (Å²) >= 11 is 0. The second-order valence-electron chi connectivity index (χ2n) is 6.27. The fourth-order valence-corrected chi connectivity index (χ4v) is 3.70. The van der Waals surface area contributed by atoms with Crippen LogP contribution in [0.3, 0.4) is 0 Å². The monoisotopic (exact) mass is 236 g/mol. The lowest BCUT2D eigenvalue weighted by molar-refractivity contribution is 0.189. The van der Waals surface area contributed by atoms with Gasteiger partial charge in [0.1, 0.15) is 0 Å². The van der Waals surface area contributed by atoms with E-state index in [2.05, 4.69) is 64.2 Å². The Morgan fingerprint density at radius 1 is 1.06 bits per heavy atom. The molecule has 0 bridgehead atoms. The Bertz CT molecular complexity index is 311. The first kappa shape index (κ1) is 13.5. The molecule has 0 aromatic heterocycles. The first-order valence-electron chi connectivity index (χ1n) is 5.96. The molecule has 16 heavy (non-hydrogen) atoms. The third-order valence-electron chi connectivity index (χ3n) is 2.37. The number of hydrogen-bond acceptors (Lipinski definition) is 1. The molecule has 1 aromatic rings. The van der Waals surface area contributed by atoms with Gasteiger partial charge in [-0.15, -0.1) is 0 Å². The second-order valence-corrected chi connectivity index (χ2v) is 10.4. The van der Waals surface area contributed by atoms with Crippen molar-refractivity contribution in [2.75, 3.05) is 6.61 Å². The summed E-state index contributed by atoms with van der Waals surface area (Å²) in [6, 6.07) is 11.7. The van der Waals surface area contributed by atoms with Crippen molar-refractivity contribution in [2.24, 2.45) is 5.41 Å². The van der Waals surface area contributed by atoms with Gasteiger partial charge in [0, 0.05) is 6.61 Å². The highest BCUT2D eigenvalue weighted by Gasteiger charge is 2.25. The van der Waals surface area contributed by atoms with Gasteiger partial charge < -0.3 is 4.43 Å². The molecule has 0 aliphatic carbocycles. The summed E-state index contributed by atoms with van der Waals surface area (Å²) in [6.07, 6.45) is 0. The van der Waals surface area contributed by atoms with E-state index in [9.17, 15) is 0 Å². The van der Waals surface area contributed by atoms with Crippen molar-refractivity contribution in [1.29, 1.82) is 0 Å². The minimum absolute atomic E-state index is 0.265. The summed E-state index contributed by atoms with van der Waals surface area (Å²) in [5.41, 5.74) is 1.66. The van der Waals surface area contributed by atoms with E-state index in [1.54, 1.807) is 0 Å². The minimum atomic E-state index is -1.55. The van der Waals surface area contributed by atoms with Gasteiger partial charge in [-0.3, -0.25) is 0 Å². The molecule has 0 saturated carbocycles. The van der Waals surface area contributed by atoms with Crippen LogP contribution in [0, 0.1) is 5.41 Å². The molecular formula is C14H24OSi. The van der Waals surface area contributed by atoms with E-state index < -0.39 is 8.32 Å².